The number of ether oxygens (including phenoxy) is 1. The molecule has 32 heteroatoms. The number of carbonyl (C=O) groups excluding carboxylic acids is 11. The second-order valence-corrected chi connectivity index (χ2v) is 23.3. The van der Waals surface area contributed by atoms with Gasteiger partial charge in [-0.15, -0.1) is 11.6 Å². The highest BCUT2D eigenvalue weighted by Gasteiger charge is 2.41. The molecule has 0 aromatic rings. The number of hydrogen-bond donors (Lipinski definition) is 18. The van der Waals surface area contributed by atoms with E-state index in [-0.39, 0.29) is 58.3 Å². The molecule has 526 valence electrons. The number of cyclic esters (lactones) is 1. The van der Waals surface area contributed by atoms with Crippen molar-refractivity contribution in [2.45, 2.75) is 255 Å². The van der Waals surface area contributed by atoms with Crippen molar-refractivity contribution in [2.24, 2.45) is 17.2 Å². The fourth-order valence-electron chi connectivity index (χ4n) is 9.62. The van der Waals surface area contributed by atoms with Crippen molar-refractivity contribution in [3.63, 3.8) is 0 Å². The average molecular weight is 1330 g/mol. The maximum absolute atomic E-state index is 14.5. The number of alkyl halides is 1. The Kier molecular flexibility index (Phi) is 43.7. The van der Waals surface area contributed by atoms with Gasteiger partial charge in [-0.3, -0.25) is 47.9 Å². The van der Waals surface area contributed by atoms with Gasteiger partial charge in [0.1, 0.15) is 54.6 Å². The zero-order valence-electron chi connectivity index (χ0n) is 53.9. The zero-order valence-corrected chi connectivity index (χ0v) is 54.6. The van der Waals surface area contributed by atoms with E-state index in [1.807, 2.05) is 10.6 Å². The van der Waals surface area contributed by atoms with Crippen LogP contribution >= 0.6 is 11.6 Å². The van der Waals surface area contributed by atoms with Gasteiger partial charge in [-0.25, -0.2) is 9.59 Å². The Morgan fingerprint density at radius 2 is 1.07 bits per heavy atom. The molecule has 1 aliphatic rings. The molecule has 0 aromatic heterocycles. The smallest absolute Gasteiger partial charge is 0.335 e. The molecule has 0 saturated carbocycles. The molecule has 0 bridgehead atoms. The highest BCUT2D eigenvalue weighted by molar-refractivity contribution is 6.18. The zero-order chi connectivity index (χ0) is 69.1. The second kappa shape index (κ2) is 48.2. The molecule has 21 N–H and O–H groups in total. The van der Waals surface area contributed by atoms with Crippen molar-refractivity contribution in [1.29, 1.82) is 0 Å². The number of hydrogen-bond acceptors (Lipinski definition) is 20. The SMILES string of the molecule is C/C=C1\NC(=O)[C@H]([C@H](C)O)NC(=O)[C@H](CCN)NC(=O)[C@H](CCCCN)NC(=O)[C@H](CC(=O)NCCCCCCCCC)NC(=O)[C@@H](CCN)NC(=O)[C@@H](NC(=O)C[C@H](O)CCCCCCCCCCC)COC(=O)[C@H]([C@H](O)CCl)NC(=O)[C@H]([C@H](O)C(=O)O)NC1=O. The lowest BCUT2D eigenvalue weighted by Gasteiger charge is -2.29. The monoisotopic (exact) mass is 1330 g/mol. The minimum absolute atomic E-state index is 0.138. The Bertz CT molecular complexity index is 2360. The summed E-state index contributed by atoms with van der Waals surface area (Å²) in [6, 6.07) is -15.4. The molecular weight excluding hydrogens is 1230 g/mol. The number of esters is 1. The molecule has 12 atom stereocenters. The number of rotatable bonds is 36. The standard InChI is InChI=1S/C60H106ClN13O18/c1-5-8-10-12-14-15-16-18-20-24-37(76)32-46(79)66-43-35-92-60(91)48(44(77)34-61)73-58(88)49(50(80)59(89)90)74-51(81)38(7-3)67-57(87)47(36(4)75)72-54(84)41(27-30-64)69-52(82)39(25-21-22-28-62)68-55(85)42(71-53(83)40(26-29-63)70-56(43)86)33-45(78)65-31-23-19-17-13-11-9-6-2/h7,36-37,39-44,47-50,75-77,80H,5-6,8-35,62-64H2,1-4H3,(H,65,78)(H,66,79)(H,67,87)(H,68,85)(H,69,82)(H,70,86)(H,71,83)(H,72,84)(H,73,88)(H,74,81)(H,89,90)/b38-7-/t36-,37+,39-,40+,41-,42-,43-,44+,47-,48-,49-,50-/m0/s1. The molecule has 0 unspecified atom stereocenters. The molecule has 10 amide bonds. The molecule has 1 saturated heterocycles. The van der Waals surface area contributed by atoms with Crippen LogP contribution in [0.5, 0.6) is 0 Å². The fraction of sp³-hybridized carbons (Fsp3) is 0.767. The Morgan fingerprint density at radius 1 is 0.576 bits per heavy atom. The first-order valence-corrected chi connectivity index (χ1v) is 32.8. The number of nitrogens with one attached hydrogen (secondary N) is 10. The van der Waals surface area contributed by atoms with Gasteiger partial charge in [0.25, 0.3) is 5.91 Å². The first-order chi connectivity index (χ1) is 43.8. The van der Waals surface area contributed by atoms with E-state index in [1.165, 1.54) is 6.92 Å². The van der Waals surface area contributed by atoms with E-state index in [0.29, 0.717) is 19.3 Å². The number of amides is 10. The van der Waals surface area contributed by atoms with Crippen LogP contribution in [0, 0.1) is 0 Å². The summed E-state index contributed by atoms with van der Waals surface area (Å²) >= 11 is 5.92. The molecule has 0 spiro atoms. The largest absolute Gasteiger partial charge is 0.479 e. The molecule has 31 nitrogen and oxygen atoms in total. The van der Waals surface area contributed by atoms with Gasteiger partial charge in [0.05, 0.1) is 37.0 Å². The molecule has 1 aliphatic heterocycles. The summed E-state index contributed by atoms with van der Waals surface area (Å²) in [5.41, 5.74) is 16.8. The lowest BCUT2D eigenvalue weighted by molar-refractivity contribution is -0.155. The summed E-state index contributed by atoms with van der Waals surface area (Å²) in [5, 5.41) is 76.4. The van der Waals surface area contributed by atoms with Crippen LogP contribution in [0.2, 0.25) is 0 Å². The molecule has 1 rings (SSSR count). The van der Waals surface area contributed by atoms with E-state index < -0.39 is 175 Å². The molecule has 0 aliphatic carbocycles. The van der Waals surface area contributed by atoms with Crippen molar-refractivity contribution >= 4 is 82.6 Å². The van der Waals surface area contributed by atoms with E-state index in [4.69, 9.17) is 33.5 Å². The Hall–Kier alpha value is -6.61. The van der Waals surface area contributed by atoms with Crippen LogP contribution in [-0.2, 0) is 62.3 Å². The Morgan fingerprint density at radius 3 is 1.58 bits per heavy atom. The lowest BCUT2D eigenvalue weighted by Crippen LogP contribution is -2.62. The number of unbranched alkanes of at least 4 members (excludes halogenated alkanes) is 15. The van der Waals surface area contributed by atoms with Crippen LogP contribution in [0.4, 0.5) is 0 Å². The quantitative estimate of drug-likeness (QED) is 0.0135. The van der Waals surface area contributed by atoms with E-state index in [2.05, 4.69) is 56.4 Å². The van der Waals surface area contributed by atoms with Crippen LogP contribution in [-0.4, -0.2) is 208 Å². The van der Waals surface area contributed by atoms with Crippen molar-refractivity contribution in [3.05, 3.63) is 11.8 Å². The molecule has 0 radical (unpaired) electrons. The van der Waals surface area contributed by atoms with E-state index in [0.717, 1.165) is 103 Å². The third-order valence-electron chi connectivity index (χ3n) is 15.1. The maximum atomic E-state index is 14.5. The lowest BCUT2D eigenvalue weighted by atomic mass is 10.0. The first-order valence-electron chi connectivity index (χ1n) is 32.3. The van der Waals surface area contributed by atoms with Crippen molar-refractivity contribution in [3.8, 4) is 0 Å². The normalized spacial score (nSPS) is 23.3. The highest BCUT2D eigenvalue weighted by Crippen LogP contribution is 2.15. The average Bonchev–Trinajstić information content (AvgIpc) is 0.999. The van der Waals surface area contributed by atoms with Crippen LogP contribution in [0.1, 0.15) is 182 Å². The summed E-state index contributed by atoms with van der Waals surface area (Å²) in [4.78, 5) is 167. The fourth-order valence-corrected chi connectivity index (χ4v) is 9.80. The van der Waals surface area contributed by atoms with Gasteiger partial charge in [-0.05, 0) is 78.4 Å². The number of aliphatic carboxylic acids is 1. The number of carboxylic acid groups (broad SMARTS) is 1. The third kappa shape index (κ3) is 33.3. The van der Waals surface area contributed by atoms with Gasteiger partial charge in [-0.1, -0.05) is 116 Å². The minimum atomic E-state index is -2.82. The van der Waals surface area contributed by atoms with Crippen LogP contribution in [0.3, 0.4) is 0 Å². The van der Waals surface area contributed by atoms with Gasteiger partial charge in [0, 0.05) is 6.54 Å². The first kappa shape index (κ1) is 83.4. The van der Waals surface area contributed by atoms with Gasteiger partial charge in [-0.2, -0.15) is 0 Å². The minimum Gasteiger partial charge on any atom is -0.479 e. The van der Waals surface area contributed by atoms with Crippen molar-refractivity contribution < 1.29 is 87.8 Å². The summed E-state index contributed by atoms with van der Waals surface area (Å²) in [7, 11) is 0. The van der Waals surface area contributed by atoms with Gasteiger partial charge >= 0.3 is 11.9 Å². The van der Waals surface area contributed by atoms with Crippen molar-refractivity contribution in [2.75, 3.05) is 38.7 Å². The summed E-state index contributed by atoms with van der Waals surface area (Å²) in [6.45, 7) is 5.08. The third-order valence-corrected chi connectivity index (χ3v) is 15.4. The Labute approximate surface area is 543 Å². The highest BCUT2D eigenvalue weighted by atomic mass is 35.5. The molecule has 1 fully saturated rings. The Balaban J connectivity index is 4.11. The van der Waals surface area contributed by atoms with Gasteiger partial charge < -0.3 is 101 Å². The summed E-state index contributed by atoms with van der Waals surface area (Å²) in [5.74, 6) is -16.3. The predicted molar refractivity (Wildman–Crippen MR) is 339 cm³/mol. The van der Waals surface area contributed by atoms with Crippen LogP contribution in [0.25, 0.3) is 0 Å². The summed E-state index contributed by atoms with van der Waals surface area (Å²) < 4.78 is 5.36. The number of carbonyl (C=O) groups is 12. The van der Waals surface area contributed by atoms with Crippen LogP contribution < -0.4 is 70.4 Å². The van der Waals surface area contributed by atoms with E-state index in [9.17, 15) is 83.1 Å². The second-order valence-electron chi connectivity index (χ2n) is 22.9. The maximum Gasteiger partial charge on any atom is 0.335 e. The molecule has 1 heterocycles. The number of nitrogens with two attached hydrogens (primary N) is 3. The number of aliphatic hydroxyl groups excluding tert-OH is 4. The van der Waals surface area contributed by atoms with E-state index >= 15 is 0 Å². The van der Waals surface area contributed by atoms with Crippen LogP contribution in [0.15, 0.2) is 11.8 Å². The molecule has 0 aromatic carbocycles. The number of allylic oxidation sites excluding steroid dienone is 1. The van der Waals surface area contributed by atoms with E-state index in [1.54, 1.807) is 0 Å². The molecular formula is C60H106ClN13O18. The number of aliphatic hydroxyl groups is 4. The summed E-state index contributed by atoms with van der Waals surface area (Å²) in [6.07, 6.45) is 6.88. The van der Waals surface area contributed by atoms with Crippen molar-refractivity contribution in [1.82, 2.24) is 53.2 Å². The number of carboxylic acids is 1. The van der Waals surface area contributed by atoms with Gasteiger partial charge in [0.15, 0.2) is 12.1 Å². The van der Waals surface area contributed by atoms with Gasteiger partial charge in [0.2, 0.25) is 53.2 Å². The number of halogens is 1. The predicted octanol–water partition coefficient (Wildman–Crippen LogP) is -2.38. The topological polar surface area (TPSA) is 514 Å². The molecule has 92 heavy (non-hydrogen) atoms.